The van der Waals surface area contributed by atoms with Crippen molar-refractivity contribution >= 4 is 22.6 Å². The quantitative estimate of drug-likeness (QED) is 0.340. The van der Waals surface area contributed by atoms with Crippen LogP contribution in [0.2, 0.25) is 0 Å². The van der Waals surface area contributed by atoms with E-state index in [4.69, 9.17) is 18.9 Å². The van der Waals surface area contributed by atoms with E-state index < -0.39 is 0 Å². The lowest BCUT2D eigenvalue weighted by atomic mass is 10.1. The zero-order valence-corrected chi connectivity index (χ0v) is 21.2. The minimum atomic E-state index is -0.354. The highest BCUT2D eigenvalue weighted by Gasteiger charge is 2.18. The van der Waals surface area contributed by atoms with Gasteiger partial charge in [0.15, 0.2) is 11.5 Å². The molecule has 0 saturated carbocycles. The van der Waals surface area contributed by atoms with E-state index in [2.05, 4.69) is 10.3 Å². The summed E-state index contributed by atoms with van der Waals surface area (Å²) >= 11 is 0. The molecule has 1 heterocycles. The van der Waals surface area contributed by atoms with Crippen molar-refractivity contribution in [3.05, 3.63) is 88.2 Å². The number of aromatic amines is 1. The Bertz CT molecular complexity index is 1430. The predicted molar refractivity (Wildman–Crippen MR) is 142 cm³/mol. The van der Waals surface area contributed by atoms with E-state index in [0.29, 0.717) is 39.8 Å². The summed E-state index contributed by atoms with van der Waals surface area (Å²) in [6, 6.07) is 19.4. The lowest BCUT2D eigenvalue weighted by Gasteiger charge is -2.23. The van der Waals surface area contributed by atoms with Gasteiger partial charge in [0.05, 0.1) is 40.5 Å². The molecular weight excluding hydrogens is 474 g/mol. The molecule has 1 aromatic heterocycles. The molecule has 2 amide bonds. The number of methoxy groups -OCH3 is 4. The lowest BCUT2D eigenvalue weighted by molar-refractivity contribution is 0.206. The monoisotopic (exact) mass is 503 g/mol. The Hall–Kier alpha value is -4.66. The van der Waals surface area contributed by atoms with E-state index in [-0.39, 0.29) is 24.7 Å². The highest BCUT2D eigenvalue weighted by atomic mass is 16.5. The Morgan fingerprint density at radius 3 is 1.97 bits per heavy atom. The molecule has 0 spiro atoms. The number of H-pyrrole nitrogens is 1. The molecule has 9 nitrogen and oxygen atoms in total. The summed E-state index contributed by atoms with van der Waals surface area (Å²) in [7, 11) is 6.27. The van der Waals surface area contributed by atoms with Gasteiger partial charge in [-0.25, -0.2) is 4.79 Å². The molecule has 192 valence electrons. The average Bonchev–Trinajstić information content (AvgIpc) is 2.93. The van der Waals surface area contributed by atoms with Crippen LogP contribution < -0.4 is 29.8 Å². The van der Waals surface area contributed by atoms with Gasteiger partial charge in [0, 0.05) is 29.2 Å². The molecule has 4 aromatic rings. The molecule has 0 aliphatic carbocycles. The first kappa shape index (κ1) is 25.4. The van der Waals surface area contributed by atoms with Crippen LogP contribution in [0, 0.1) is 0 Å². The Labute approximate surface area is 214 Å². The molecule has 0 bridgehead atoms. The van der Waals surface area contributed by atoms with Crippen molar-refractivity contribution in [2.75, 3.05) is 33.8 Å². The predicted octanol–water partition coefficient (Wildman–Crippen LogP) is 4.80. The van der Waals surface area contributed by atoms with Crippen molar-refractivity contribution in [3.8, 4) is 23.0 Å². The summed E-state index contributed by atoms with van der Waals surface area (Å²) in [5, 5.41) is 3.66. The highest BCUT2D eigenvalue weighted by molar-refractivity contribution is 5.89. The molecule has 0 aliphatic heterocycles. The number of hydrogen-bond donors (Lipinski definition) is 2. The third-order valence-corrected chi connectivity index (χ3v) is 5.95. The number of anilines is 1. The molecule has 2 N–H and O–H groups in total. The van der Waals surface area contributed by atoms with Crippen molar-refractivity contribution in [2.24, 2.45) is 0 Å². The number of carbonyl (C=O) groups is 1. The van der Waals surface area contributed by atoms with Crippen molar-refractivity contribution in [1.29, 1.82) is 0 Å². The zero-order valence-electron chi connectivity index (χ0n) is 21.2. The number of carbonyl (C=O) groups excluding carboxylic acids is 1. The van der Waals surface area contributed by atoms with Gasteiger partial charge >= 0.3 is 6.03 Å². The number of ether oxygens (including phenoxy) is 4. The van der Waals surface area contributed by atoms with Gasteiger partial charge in [-0.05, 0) is 54.1 Å². The first-order chi connectivity index (χ1) is 17.9. The topological polar surface area (TPSA) is 102 Å². The summed E-state index contributed by atoms with van der Waals surface area (Å²) in [5.41, 5.74) is 2.23. The Kier molecular flexibility index (Phi) is 7.83. The third-order valence-electron chi connectivity index (χ3n) is 5.95. The van der Waals surface area contributed by atoms with Crippen LogP contribution in [0.15, 0.2) is 71.5 Å². The van der Waals surface area contributed by atoms with Crippen molar-refractivity contribution in [3.63, 3.8) is 0 Å². The van der Waals surface area contributed by atoms with Gasteiger partial charge in [0.1, 0.15) is 11.5 Å². The minimum Gasteiger partial charge on any atom is -0.497 e. The first-order valence-corrected chi connectivity index (χ1v) is 11.5. The summed E-state index contributed by atoms with van der Waals surface area (Å²) < 4.78 is 21.2. The molecule has 37 heavy (non-hydrogen) atoms. The standard InChI is InChI=1S/C28H29N3O6/c1-34-22-9-5-18(6-10-22)16-31(28(33)29-21-7-11-23(35-2)12-8-21)17-20-13-19-14-25(36-3)26(37-4)15-24(19)30-27(20)32/h5-15H,16-17H2,1-4H3,(H,29,33)(H,30,32). The molecular formula is C28H29N3O6. The van der Waals surface area contributed by atoms with Gasteiger partial charge in [-0.15, -0.1) is 0 Å². The molecule has 4 rings (SSSR count). The van der Waals surface area contributed by atoms with Gasteiger partial charge in [0.25, 0.3) is 5.56 Å². The maximum Gasteiger partial charge on any atom is 0.322 e. The molecule has 0 aliphatic rings. The summed E-state index contributed by atoms with van der Waals surface area (Å²) in [6.07, 6.45) is 0. The van der Waals surface area contributed by atoms with Gasteiger partial charge in [-0.3, -0.25) is 4.79 Å². The molecule has 0 atom stereocenters. The van der Waals surface area contributed by atoms with Crippen LogP contribution in [0.25, 0.3) is 10.9 Å². The number of fused-ring (bicyclic) bond motifs is 1. The Morgan fingerprint density at radius 1 is 0.784 bits per heavy atom. The fraction of sp³-hybridized carbons (Fsp3) is 0.214. The summed E-state index contributed by atoms with van der Waals surface area (Å²) in [5.74, 6) is 2.45. The second-order valence-electron chi connectivity index (χ2n) is 8.28. The molecule has 0 saturated heterocycles. The van der Waals surface area contributed by atoms with Crippen LogP contribution in [0.5, 0.6) is 23.0 Å². The number of amides is 2. The van der Waals surface area contributed by atoms with Crippen molar-refractivity contribution in [1.82, 2.24) is 9.88 Å². The zero-order chi connectivity index (χ0) is 26.4. The largest absolute Gasteiger partial charge is 0.497 e. The van der Waals surface area contributed by atoms with E-state index in [9.17, 15) is 9.59 Å². The number of pyridine rings is 1. The first-order valence-electron chi connectivity index (χ1n) is 11.5. The number of urea groups is 1. The van der Waals surface area contributed by atoms with E-state index in [1.54, 1.807) is 68.7 Å². The van der Waals surface area contributed by atoms with E-state index in [1.165, 1.54) is 7.11 Å². The highest BCUT2D eigenvalue weighted by Crippen LogP contribution is 2.31. The fourth-order valence-corrected chi connectivity index (χ4v) is 3.93. The number of nitrogens with one attached hydrogen (secondary N) is 2. The van der Waals surface area contributed by atoms with Crippen LogP contribution in [-0.4, -0.2) is 44.4 Å². The summed E-state index contributed by atoms with van der Waals surface area (Å²) in [4.78, 5) is 30.8. The summed E-state index contributed by atoms with van der Waals surface area (Å²) in [6.45, 7) is 0.350. The average molecular weight is 504 g/mol. The fourth-order valence-electron chi connectivity index (χ4n) is 3.93. The Morgan fingerprint density at radius 2 is 1.38 bits per heavy atom. The van der Waals surface area contributed by atoms with Crippen molar-refractivity contribution in [2.45, 2.75) is 13.1 Å². The molecule has 0 fully saturated rings. The van der Waals surface area contributed by atoms with Gasteiger partial charge in [-0.2, -0.15) is 0 Å². The van der Waals surface area contributed by atoms with E-state index >= 15 is 0 Å². The maximum absolute atomic E-state index is 13.4. The number of hydrogen-bond acceptors (Lipinski definition) is 6. The van der Waals surface area contributed by atoms with Gasteiger partial charge < -0.3 is 34.1 Å². The molecule has 3 aromatic carbocycles. The Balaban J connectivity index is 1.66. The lowest BCUT2D eigenvalue weighted by Crippen LogP contribution is -2.35. The molecule has 0 unspecified atom stereocenters. The number of nitrogens with zero attached hydrogens (tertiary/aromatic N) is 1. The maximum atomic E-state index is 13.4. The number of aromatic nitrogens is 1. The van der Waals surface area contributed by atoms with E-state index in [1.807, 2.05) is 24.3 Å². The van der Waals surface area contributed by atoms with E-state index in [0.717, 1.165) is 10.9 Å². The second kappa shape index (κ2) is 11.4. The molecule has 0 radical (unpaired) electrons. The molecule has 9 heteroatoms. The van der Waals surface area contributed by atoms with Gasteiger partial charge in [-0.1, -0.05) is 12.1 Å². The second-order valence-corrected chi connectivity index (χ2v) is 8.28. The van der Waals surface area contributed by atoms with Crippen LogP contribution in [-0.2, 0) is 13.1 Å². The van der Waals surface area contributed by atoms with Crippen LogP contribution in [0.4, 0.5) is 10.5 Å². The van der Waals surface area contributed by atoms with Gasteiger partial charge in [0.2, 0.25) is 0 Å². The van der Waals surface area contributed by atoms with Crippen LogP contribution >= 0.6 is 0 Å². The van der Waals surface area contributed by atoms with Crippen molar-refractivity contribution < 1.29 is 23.7 Å². The minimum absolute atomic E-state index is 0.0770. The smallest absolute Gasteiger partial charge is 0.322 e. The normalized spacial score (nSPS) is 10.6. The SMILES string of the molecule is COc1ccc(CN(Cc2cc3cc(OC)c(OC)cc3[nH]c2=O)C(=O)Nc2ccc(OC)cc2)cc1. The third kappa shape index (κ3) is 5.95. The van der Waals surface area contributed by atoms with Crippen LogP contribution in [0.1, 0.15) is 11.1 Å². The van der Waals surface area contributed by atoms with Crippen LogP contribution in [0.3, 0.4) is 0 Å². The number of benzene rings is 3. The number of rotatable bonds is 9.